The van der Waals surface area contributed by atoms with Gasteiger partial charge in [0.25, 0.3) is 0 Å². The number of rotatable bonds is 6. The predicted molar refractivity (Wildman–Crippen MR) is 156 cm³/mol. The summed E-state index contributed by atoms with van der Waals surface area (Å²) in [6.45, 7) is 5.57. The number of anilines is 1. The predicted octanol–water partition coefficient (Wildman–Crippen LogP) is 4.76. The molecule has 1 fully saturated rings. The fourth-order valence-corrected chi connectivity index (χ4v) is 5.79. The Morgan fingerprint density at radius 3 is 2.60 bits per heavy atom. The van der Waals surface area contributed by atoms with Crippen LogP contribution in [-0.4, -0.2) is 62.0 Å². The average molecular weight is 552 g/mol. The SMILES string of the molecule is Cc1nccn1CC1=Cc2cccnc2C(N2CCN(C(O)Nc3ccc(C#N)cc3)CC2)c2ccc(Cl)cc21. The molecule has 1 aliphatic carbocycles. The Labute approximate surface area is 238 Å². The van der Waals surface area contributed by atoms with Gasteiger partial charge in [0.05, 0.1) is 23.4 Å². The molecule has 2 unspecified atom stereocenters. The molecule has 2 aromatic heterocycles. The molecule has 0 bridgehead atoms. The Morgan fingerprint density at radius 1 is 1.07 bits per heavy atom. The lowest BCUT2D eigenvalue weighted by Gasteiger charge is -2.41. The van der Waals surface area contributed by atoms with Crippen molar-refractivity contribution in [1.29, 1.82) is 5.26 Å². The lowest BCUT2D eigenvalue weighted by Crippen LogP contribution is -2.53. The zero-order valence-electron chi connectivity index (χ0n) is 22.2. The van der Waals surface area contributed by atoms with Crippen LogP contribution < -0.4 is 5.32 Å². The number of pyridine rings is 1. The normalized spacial score (nSPS) is 18.1. The molecule has 0 radical (unpaired) electrons. The number of aliphatic hydroxyl groups is 1. The van der Waals surface area contributed by atoms with Crippen LogP contribution in [-0.2, 0) is 6.54 Å². The molecular formula is C31H30ClN7O. The van der Waals surface area contributed by atoms with E-state index in [-0.39, 0.29) is 6.04 Å². The van der Waals surface area contributed by atoms with Crippen LogP contribution in [0.15, 0.2) is 73.2 Å². The summed E-state index contributed by atoms with van der Waals surface area (Å²) >= 11 is 6.56. The Bertz CT molecular complexity index is 1580. The van der Waals surface area contributed by atoms with Gasteiger partial charge in [-0.3, -0.25) is 14.8 Å². The van der Waals surface area contributed by atoms with E-state index >= 15 is 0 Å². The van der Waals surface area contributed by atoms with Crippen molar-refractivity contribution in [2.24, 2.45) is 0 Å². The zero-order chi connectivity index (χ0) is 27.6. The molecule has 2 atom stereocenters. The second-order valence-corrected chi connectivity index (χ2v) is 10.6. The molecule has 8 nitrogen and oxygen atoms in total. The Balaban J connectivity index is 1.27. The molecule has 0 spiro atoms. The molecule has 1 saturated heterocycles. The van der Waals surface area contributed by atoms with Gasteiger partial charge in [0, 0.05) is 62.0 Å². The summed E-state index contributed by atoms with van der Waals surface area (Å²) in [5, 5.41) is 23.8. The third kappa shape index (κ3) is 5.25. The molecular weight excluding hydrogens is 522 g/mol. The van der Waals surface area contributed by atoms with Gasteiger partial charge in [-0.25, -0.2) is 4.98 Å². The summed E-state index contributed by atoms with van der Waals surface area (Å²) < 4.78 is 2.15. The van der Waals surface area contributed by atoms with Crippen LogP contribution in [0, 0.1) is 18.3 Å². The third-order valence-corrected chi connectivity index (χ3v) is 7.98. The van der Waals surface area contributed by atoms with Gasteiger partial charge in [0.2, 0.25) is 0 Å². The lowest BCUT2D eigenvalue weighted by molar-refractivity contribution is -0.0128. The molecule has 3 heterocycles. The van der Waals surface area contributed by atoms with Gasteiger partial charge in [-0.1, -0.05) is 23.7 Å². The van der Waals surface area contributed by atoms with Crippen molar-refractivity contribution in [3.8, 4) is 6.07 Å². The van der Waals surface area contributed by atoms with Crippen molar-refractivity contribution in [2.75, 3.05) is 31.5 Å². The number of nitrogens with one attached hydrogen (secondary N) is 1. The van der Waals surface area contributed by atoms with Crippen molar-refractivity contribution in [2.45, 2.75) is 25.9 Å². The van der Waals surface area contributed by atoms with Crippen LogP contribution in [0.1, 0.15) is 39.8 Å². The maximum absolute atomic E-state index is 10.9. The Morgan fingerprint density at radius 2 is 1.88 bits per heavy atom. The molecule has 9 heteroatoms. The number of aromatic nitrogens is 3. The van der Waals surface area contributed by atoms with E-state index in [2.05, 4.69) is 50.1 Å². The van der Waals surface area contributed by atoms with E-state index in [1.807, 2.05) is 54.7 Å². The van der Waals surface area contributed by atoms with E-state index in [1.165, 1.54) is 5.56 Å². The first-order valence-corrected chi connectivity index (χ1v) is 13.7. The minimum Gasteiger partial charge on any atom is -0.361 e. The van der Waals surface area contributed by atoms with Crippen LogP contribution in [0.25, 0.3) is 11.6 Å². The van der Waals surface area contributed by atoms with Gasteiger partial charge in [0.15, 0.2) is 6.35 Å². The van der Waals surface area contributed by atoms with E-state index in [1.54, 1.807) is 12.1 Å². The highest BCUT2D eigenvalue weighted by Gasteiger charge is 2.34. The van der Waals surface area contributed by atoms with Gasteiger partial charge in [-0.05, 0) is 77.7 Å². The quantitative estimate of drug-likeness (QED) is 0.334. The number of hydrogen-bond acceptors (Lipinski definition) is 7. The van der Waals surface area contributed by atoms with Crippen LogP contribution in [0.3, 0.4) is 0 Å². The van der Waals surface area contributed by atoms with Gasteiger partial charge in [-0.2, -0.15) is 5.26 Å². The molecule has 2 aliphatic rings. The number of aryl methyl sites for hydroxylation is 1. The van der Waals surface area contributed by atoms with E-state index in [0.29, 0.717) is 30.2 Å². The number of halogens is 1. The van der Waals surface area contributed by atoms with E-state index in [4.69, 9.17) is 21.8 Å². The molecule has 1 aliphatic heterocycles. The van der Waals surface area contributed by atoms with Crippen molar-refractivity contribution >= 4 is 28.9 Å². The number of allylic oxidation sites excluding steroid dienone is 1. The summed E-state index contributed by atoms with van der Waals surface area (Å²) in [7, 11) is 0. The minimum atomic E-state index is -0.826. The highest BCUT2D eigenvalue weighted by Crippen LogP contribution is 2.41. The summed E-state index contributed by atoms with van der Waals surface area (Å²) in [4.78, 5) is 13.8. The summed E-state index contributed by atoms with van der Waals surface area (Å²) in [5.74, 6) is 0.959. The first-order valence-electron chi connectivity index (χ1n) is 13.4. The first-order chi connectivity index (χ1) is 19.5. The number of benzene rings is 2. The van der Waals surface area contributed by atoms with E-state index in [9.17, 15) is 5.11 Å². The summed E-state index contributed by atoms with van der Waals surface area (Å²) in [6.07, 6.45) is 7.10. The number of nitrogens with zero attached hydrogens (tertiary/aromatic N) is 6. The van der Waals surface area contributed by atoms with Gasteiger partial charge >= 0.3 is 0 Å². The second kappa shape index (κ2) is 11.2. The van der Waals surface area contributed by atoms with Gasteiger partial charge in [-0.15, -0.1) is 0 Å². The number of piperazine rings is 1. The Hall–Kier alpha value is -4.00. The highest BCUT2D eigenvalue weighted by atomic mass is 35.5. The fourth-order valence-electron chi connectivity index (χ4n) is 5.61. The number of fused-ring (bicyclic) bond motifs is 2. The topological polar surface area (TPSA) is 93.2 Å². The zero-order valence-corrected chi connectivity index (χ0v) is 23.0. The van der Waals surface area contributed by atoms with Gasteiger partial charge < -0.3 is 15.0 Å². The maximum Gasteiger partial charge on any atom is 0.184 e. The molecule has 2 N–H and O–H groups in total. The molecule has 4 aromatic rings. The molecule has 202 valence electrons. The number of aliphatic hydroxyl groups excluding tert-OH is 1. The smallest absolute Gasteiger partial charge is 0.184 e. The van der Waals surface area contributed by atoms with Crippen LogP contribution in [0.2, 0.25) is 5.02 Å². The fraction of sp³-hybridized carbons (Fsp3) is 0.258. The van der Waals surface area contributed by atoms with Crippen molar-refractivity contribution in [1.82, 2.24) is 24.3 Å². The maximum atomic E-state index is 10.9. The van der Waals surface area contributed by atoms with E-state index < -0.39 is 6.35 Å². The largest absolute Gasteiger partial charge is 0.361 e. The monoisotopic (exact) mass is 551 g/mol. The summed E-state index contributed by atoms with van der Waals surface area (Å²) in [5.41, 5.74) is 6.93. The highest BCUT2D eigenvalue weighted by molar-refractivity contribution is 6.30. The van der Waals surface area contributed by atoms with Crippen LogP contribution in [0.4, 0.5) is 5.69 Å². The molecule has 6 rings (SSSR count). The van der Waals surface area contributed by atoms with E-state index in [0.717, 1.165) is 47.0 Å². The Kier molecular flexibility index (Phi) is 7.37. The first kappa shape index (κ1) is 26.2. The molecule has 40 heavy (non-hydrogen) atoms. The average Bonchev–Trinajstić information content (AvgIpc) is 3.33. The van der Waals surface area contributed by atoms with Crippen LogP contribution in [0.5, 0.6) is 0 Å². The lowest BCUT2D eigenvalue weighted by atomic mass is 9.93. The van der Waals surface area contributed by atoms with Crippen LogP contribution >= 0.6 is 11.6 Å². The van der Waals surface area contributed by atoms with Crippen molar-refractivity contribution in [3.05, 3.63) is 112 Å². The summed E-state index contributed by atoms with van der Waals surface area (Å²) in [6, 6.07) is 19.4. The third-order valence-electron chi connectivity index (χ3n) is 7.75. The molecule has 0 amide bonds. The number of imidazole rings is 1. The second-order valence-electron chi connectivity index (χ2n) is 10.2. The molecule has 2 aromatic carbocycles. The number of hydrogen-bond donors (Lipinski definition) is 2. The van der Waals surface area contributed by atoms with Gasteiger partial charge in [0.1, 0.15) is 5.82 Å². The number of nitriles is 1. The molecule has 0 saturated carbocycles. The standard InChI is InChI=1S/C31H30ClN7O/c1-21-34-11-12-39(21)20-24-17-23-3-2-10-35-29(23)30(27-9-6-25(32)18-28(24)27)37-13-15-38(16-14-37)31(40)36-26-7-4-22(19-33)5-8-26/h2-12,17-18,30-31,36,40H,13-16,20H2,1H3. The van der Waals surface area contributed by atoms with Crippen molar-refractivity contribution < 1.29 is 5.11 Å². The van der Waals surface area contributed by atoms with Crippen molar-refractivity contribution in [3.63, 3.8) is 0 Å². The minimum absolute atomic E-state index is 0.0492.